The van der Waals surface area contributed by atoms with Crippen molar-refractivity contribution in [2.75, 3.05) is 6.61 Å². The fourth-order valence-electron chi connectivity index (χ4n) is 3.12. The lowest BCUT2D eigenvalue weighted by Crippen LogP contribution is -2.63. The highest BCUT2D eigenvalue weighted by Crippen LogP contribution is 2.34. The minimum Gasteiger partial charge on any atom is -0.463 e. The third-order valence-corrected chi connectivity index (χ3v) is 4.25. The number of para-hydroxylation sites is 2. The van der Waals surface area contributed by atoms with Gasteiger partial charge in [0.15, 0.2) is 18.0 Å². The average Bonchev–Trinajstić information content (AvgIpc) is 2.70. The molecule has 1 aromatic rings. The molecule has 13 heteroatoms. The smallest absolute Gasteiger partial charge is 0.311 e. The number of hydrogen-bond donors (Lipinski definition) is 0. The maximum absolute atomic E-state index is 11.8. The number of hydrogen-bond acceptors (Lipinski definition) is 12. The number of esters is 4. The molecule has 180 valence electrons. The maximum Gasteiger partial charge on any atom is 0.311 e. The Morgan fingerprint density at radius 1 is 0.879 bits per heavy atom. The van der Waals surface area contributed by atoms with E-state index >= 15 is 0 Å². The quantitative estimate of drug-likeness (QED) is 0.230. The molecular formula is C20H23NO12. The monoisotopic (exact) mass is 469 g/mol. The first kappa shape index (κ1) is 25.5. The van der Waals surface area contributed by atoms with Gasteiger partial charge in [0.1, 0.15) is 12.7 Å². The first-order valence-electron chi connectivity index (χ1n) is 9.70. The van der Waals surface area contributed by atoms with E-state index in [1.807, 2.05) is 0 Å². The number of nitro benzene ring substituents is 1. The van der Waals surface area contributed by atoms with Gasteiger partial charge in [0.25, 0.3) is 0 Å². The Balaban J connectivity index is 2.51. The van der Waals surface area contributed by atoms with E-state index in [9.17, 15) is 29.3 Å². The topological polar surface area (TPSA) is 167 Å². The van der Waals surface area contributed by atoms with Gasteiger partial charge < -0.3 is 28.4 Å². The van der Waals surface area contributed by atoms with E-state index in [2.05, 4.69) is 0 Å². The van der Waals surface area contributed by atoms with E-state index in [1.54, 1.807) is 0 Å². The van der Waals surface area contributed by atoms with Crippen LogP contribution < -0.4 is 4.74 Å². The van der Waals surface area contributed by atoms with Crippen LogP contribution in [0, 0.1) is 10.1 Å². The molecule has 2 rings (SSSR count). The second-order valence-corrected chi connectivity index (χ2v) is 6.91. The molecule has 1 fully saturated rings. The lowest BCUT2D eigenvalue weighted by molar-refractivity contribution is -0.387. The van der Waals surface area contributed by atoms with Crippen LogP contribution in [0.25, 0.3) is 0 Å². The Morgan fingerprint density at radius 3 is 1.97 bits per heavy atom. The molecule has 0 aliphatic carbocycles. The Kier molecular flexibility index (Phi) is 8.68. The van der Waals surface area contributed by atoms with Crippen LogP contribution in [0.4, 0.5) is 5.69 Å². The zero-order valence-corrected chi connectivity index (χ0v) is 18.2. The van der Waals surface area contributed by atoms with Crippen LogP contribution in [0.3, 0.4) is 0 Å². The molecule has 1 aliphatic rings. The summed E-state index contributed by atoms with van der Waals surface area (Å²) in [6, 6.07) is 5.35. The second kappa shape index (κ2) is 11.2. The van der Waals surface area contributed by atoms with Gasteiger partial charge >= 0.3 is 29.6 Å². The number of ether oxygens (including phenoxy) is 6. The second-order valence-electron chi connectivity index (χ2n) is 6.91. The Morgan fingerprint density at radius 2 is 1.42 bits per heavy atom. The van der Waals surface area contributed by atoms with Crippen LogP contribution in [0.15, 0.2) is 24.3 Å². The van der Waals surface area contributed by atoms with Crippen molar-refractivity contribution in [2.24, 2.45) is 0 Å². The van der Waals surface area contributed by atoms with Crippen molar-refractivity contribution in [3.8, 4) is 5.75 Å². The molecule has 1 aliphatic heterocycles. The number of nitro groups is 1. The van der Waals surface area contributed by atoms with Gasteiger partial charge in [-0.05, 0) is 6.07 Å². The molecule has 0 N–H and O–H groups in total. The Labute approximate surface area is 188 Å². The molecule has 0 spiro atoms. The summed E-state index contributed by atoms with van der Waals surface area (Å²) in [6.45, 7) is 3.91. The standard InChI is InChI=1S/C20H23NO12/c1-10(22)28-9-16-17(29-11(2)23)18(30-12(3)24)19(31-13(4)25)20(33-16)32-15-8-6-5-7-14(15)21(26)27/h5-8,16-20H,9H2,1-4H3/t16-,17+,18-,19-,20-/m1/s1. The molecule has 0 amide bonds. The highest BCUT2D eigenvalue weighted by atomic mass is 16.7. The van der Waals surface area contributed by atoms with Crippen molar-refractivity contribution in [3.63, 3.8) is 0 Å². The third kappa shape index (κ3) is 7.14. The van der Waals surface area contributed by atoms with E-state index < -0.39 is 71.8 Å². The molecule has 0 aromatic heterocycles. The summed E-state index contributed by atoms with van der Waals surface area (Å²) in [7, 11) is 0. The molecule has 1 aromatic carbocycles. The minimum absolute atomic E-state index is 0.233. The van der Waals surface area contributed by atoms with Crippen molar-refractivity contribution in [2.45, 2.75) is 58.4 Å². The first-order chi connectivity index (χ1) is 15.5. The molecule has 1 saturated heterocycles. The van der Waals surface area contributed by atoms with Crippen molar-refractivity contribution >= 4 is 29.6 Å². The summed E-state index contributed by atoms with van der Waals surface area (Å²) >= 11 is 0. The molecule has 0 radical (unpaired) electrons. The Bertz CT molecular complexity index is 916. The van der Waals surface area contributed by atoms with E-state index in [0.29, 0.717) is 0 Å². The largest absolute Gasteiger partial charge is 0.463 e. The van der Waals surface area contributed by atoms with Gasteiger partial charge in [0.2, 0.25) is 12.4 Å². The number of rotatable bonds is 8. The highest BCUT2D eigenvalue weighted by Gasteiger charge is 2.53. The predicted octanol–water partition coefficient (Wildman–Crippen LogP) is 1.06. The van der Waals surface area contributed by atoms with Crippen molar-refractivity contribution in [3.05, 3.63) is 34.4 Å². The van der Waals surface area contributed by atoms with Crippen LogP contribution in [0.5, 0.6) is 5.75 Å². The first-order valence-corrected chi connectivity index (χ1v) is 9.70. The van der Waals surface area contributed by atoms with Crippen molar-refractivity contribution in [1.29, 1.82) is 0 Å². The molecular weight excluding hydrogens is 446 g/mol. The van der Waals surface area contributed by atoms with E-state index in [4.69, 9.17) is 28.4 Å². The molecule has 0 bridgehead atoms. The highest BCUT2D eigenvalue weighted by molar-refractivity contribution is 5.68. The van der Waals surface area contributed by atoms with Gasteiger partial charge in [0, 0.05) is 33.8 Å². The molecule has 5 atom stereocenters. The van der Waals surface area contributed by atoms with Crippen LogP contribution in [0.2, 0.25) is 0 Å². The summed E-state index contributed by atoms with van der Waals surface area (Å²) < 4.78 is 32.1. The van der Waals surface area contributed by atoms with Crippen LogP contribution in [-0.4, -0.2) is 66.1 Å². The summed E-state index contributed by atoms with van der Waals surface area (Å²) in [6.07, 6.45) is -7.10. The Hall–Kier alpha value is -3.74. The number of carbonyl (C=O) groups is 4. The summed E-state index contributed by atoms with van der Waals surface area (Å²) in [5, 5.41) is 11.4. The van der Waals surface area contributed by atoms with E-state index in [1.165, 1.54) is 24.3 Å². The molecule has 0 saturated carbocycles. The van der Waals surface area contributed by atoms with E-state index in [0.717, 1.165) is 27.7 Å². The fraction of sp³-hybridized carbons (Fsp3) is 0.500. The predicted molar refractivity (Wildman–Crippen MR) is 106 cm³/mol. The molecule has 1 heterocycles. The van der Waals surface area contributed by atoms with Crippen LogP contribution in [0.1, 0.15) is 27.7 Å². The number of carbonyl (C=O) groups excluding carboxylic acids is 4. The van der Waals surface area contributed by atoms with Gasteiger partial charge in [-0.2, -0.15) is 0 Å². The van der Waals surface area contributed by atoms with Crippen molar-refractivity contribution < 1.29 is 52.5 Å². The molecule has 33 heavy (non-hydrogen) atoms. The number of nitrogens with zero attached hydrogens (tertiary/aromatic N) is 1. The maximum atomic E-state index is 11.8. The zero-order chi connectivity index (χ0) is 24.7. The summed E-state index contributed by atoms with van der Waals surface area (Å²) in [5.41, 5.74) is -0.412. The van der Waals surface area contributed by atoms with Gasteiger partial charge in [0.05, 0.1) is 4.92 Å². The van der Waals surface area contributed by atoms with Crippen LogP contribution in [-0.2, 0) is 42.9 Å². The number of benzene rings is 1. The summed E-state index contributed by atoms with van der Waals surface area (Å²) in [5.74, 6) is -3.33. The lowest BCUT2D eigenvalue weighted by Gasteiger charge is -2.43. The van der Waals surface area contributed by atoms with Crippen LogP contribution >= 0.6 is 0 Å². The van der Waals surface area contributed by atoms with Gasteiger partial charge in [-0.3, -0.25) is 29.3 Å². The zero-order valence-electron chi connectivity index (χ0n) is 18.2. The van der Waals surface area contributed by atoms with Gasteiger partial charge in [-0.1, -0.05) is 12.1 Å². The van der Waals surface area contributed by atoms with Crippen molar-refractivity contribution in [1.82, 2.24) is 0 Å². The van der Waals surface area contributed by atoms with Gasteiger partial charge in [-0.15, -0.1) is 0 Å². The molecule has 13 nitrogen and oxygen atoms in total. The third-order valence-electron chi connectivity index (χ3n) is 4.25. The normalized spacial score (nSPS) is 24.2. The fourth-order valence-corrected chi connectivity index (χ4v) is 3.12. The van der Waals surface area contributed by atoms with E-state index in [-0.39, 0.29) is 5.75 Å². The summed E-state index contributed by atoms with van der Waals surface area (Å²) in [4.78, 5) is 57.3. The van der Waals surface area contributed by atoms with Gasteiger partial charge in [-0.25, -0.2) is 0 Å². The average molecular weight is 469 g/mol. The minimum atomic E-state index is -1.56. The lowest BCUT2D eigenvalue weighted by atomic mass is 9.98. The SMILES string of the molecule is CC(=O)OC[C@H]1O[C@@H](Oc2ccccc2[N+](=O)[O-])[C@H](OC(C)=O)[C@H](OC(C)=O)[C@H]1OC(C)=O. The molecule has 0 unspecified atom stereocenters.